The molecule has 0 spiro atoms. The summed E-state index contributed by atoms with van der Waals surface area (Å²) in [4.78, 5) is 14.4. The predicted octanol–water partition coefficient (Wildman–Crippen LogP) is 2.70. The number of carbonyl (C=O) groups is 1. The molecule has 9 heteroatoms. The van der Waals surface area contributed by atoms with Gasteiger partial charge in [0.1, 0.15) is 11.6 Å². The summed E-state index contributed by atoms with van der Waals surface area (Å²) in [5, 5.41) is 8.61. The molecule has 0 aliphatic rings. The van der Waals surface area contributed by atoms with Crippen LogP contribution in [-0.2, 0) is 10.9 Å². The van der Waals surface area contributed by atoms with E-state index in [0.717, 1.165) is 7.11 Å². The Bertz CT molecular complexity index is 548. The molecule has 102 valence electrons. The number of ether oxygens (including phenoxy) is 1. The molecular formula is C10H5F5N2O2. The van der Waals surface area contributed by atoms with Gasteiger partial charge in [-0.1, -0.05) is 0 Å². The third-order valence-corrected chi connectivity index (χ3v) is 2.12. The molecule has 0 N–H and O–H groups in total. The van der Waals surface area contributed by atoms with Gasteiger partial charge in [-0.2, -0.15) is 18.4 Å². The van der Waals surface area contributed by atoms with Crippen LogP contribution < -0.4 is 0 Å². The van der Waals surface area contributed by atoms with Crippen LogP contribution in [0.4, 0.5) is 22.0 Å². The van der Waals surface area contributed by atoms with Gasteiger partial charge in [0.25, 0.3) is 6.43 Å². The van der Waals surface area contributed by atoms with Crippen LogP contribution in [-0.4, -0.2) is 18.1 Å². The number of rotatable bonds is 2. The van der Waals surface area contributed by atoms with Crippen molar-refractivity contribution in [2.75, 3.05) is 7.11 Å². The van der Waals surface area contributed by atoms with Gasteiger partial charge in [0.15, 0.2) is 5.69 Å². The lowest BCUT2D eigenvalue weighted by Crippen LogP contribution is -2.20. The fraction of sp³-hybridized carbons (Fsp3) is 0.300. The standard InChI is InChI=1S/C10H5F5N2O2/c1-19-9(18)6-5(2-16)17-3-4(8(11)12)7(6)10(13,14)15/h3,8H,1H3. The van der Waals surface area contributed by atoms with Crippen LogP contribution >= 0.6 is 0 Å². The number of nitrogens with zero attached hydrogens (tertiary/aromatic N) is 2. The number of pyridine rings is 1. The molecular weight excluding hydrogens is 275 g/mol. The van der Waals surface area contributed by atoms with Gasteiger partial charge in [-0.25, -0.2) is 18.6 Å². The molecule has 0 saturated heterocycles. The predicted molar refractivity (Wildman–Crippen MR) is 50.3 cm³/mol. The first-order chi connectivity index (χ1) is 8.73. The summed E-state index contributed by atoms with van der Waals surface area (Å²) in [5.74, 6) is -1.56. The molecule has 0 atom stereocenters. The average molecular weight is 280 g/mol. The maximum absolute atomic E-state index is 12.8. The summed E-state index contributed by atoms with van der Waals surface area (Å²) < 4.78 is 67.6. The number of esters is 1. The van der Waals surface area contributed by atoms with E-state index in [4.69, 9.17) is 5.26 Å². The molecule has 0 unspecified atom stereocenters. The van der Waals surface area contributed by atoms with E-state index in [-0.39, 0.29) is 6.20 Å². The molecule has 1 rings (SSSR count). The van der Waals surface area contributed by atoms with Gasteiger partial charge in [0, 0.05) is 11.8 Å². The zero-order valence-electron chi connectivity index (χ0n) is 9.26. The van der Waals surface area contributed by atoms with Gasteiger partial charge in [-0.3, -0.25) is 0 Å². The summed E-state index contributed by atoms with van der Waals surface area (Å²) in [6.45, 7) is 0. The van der Waals surface area contributed by atoms with Crippen molar-refractivity contribution >= 4 is 5.97 Å². The fourth-order valence-electron chi connectivity index (χ4n) is 1.38. The average Bonchev–Trinajstić information content (AvgIpc) is 2.34. The number of hydrogen-bond acceptors (Lipinski definition) is 4. The molecule has 0 aliphatic heterocycles. The van der Waals surface area contributed by atoms with Crippen LogP contribution in [0, 0.1) is 11.3 Å². The quantitative estimate of drug-likeness (QED) is 0.617. The molecule has 0 aliphatic carbocycles. The van der Waals surface area contributed by atoms with Gasteiger partial charge in [-0.15, -0.1) is 0 Å². The van der Waals surface area contributed by atoms with E-state index in [9.17, 15) is 26.7 Å². The van der Waals surface area contributed by atoms with Gasteiger partial charge >= 0.3 is 12.1 Å². The van der Waals surface area contributed by atoms with Crippen molar-refractivity contribution < 1.29 is 31.5 Å². The minimum Gasteiger partial charge on any atom is -0.465 e. The summed E-state index contributed by atoms with van der Waals surface area (Å²) in [7, 11) is 0.763. The molecule has 0 fully saturated rings. The van der Waals surface area contributed by atoms with Crippen molar-refractivity contribution in [1.29, 1.82) is 5.26 Å². The largest absolute Gasteiger partial charge is 0.465 e. The maximum atomic E-state index is 12.8. The van der Waals surface area contributed by atoms with Crippen LogP contribution in [0.3, 0.4) is 0 Å². The van der Waals surface area contributed by atoms with Crippen molar-refractivity contribution in [2.24, 2.45) is 0 Å². The number of hydrogen-bond donors (Lipinski definition) is 0. The monoisotopic (exact) mass is 280 g/mol. The molecule has 0 radical (unpaired) electrons. The minimum absolute atomic E-state index is 0.221. The third-order valence-electron chi connectivity index (χ3n) is 2.12. The number of halogens is 5. The fourth-order valence-corrected chi connectivity index (χ4v) is 1.38. The zero-order chi connectivity index (χ0) is 14.8. The first-order valence-electron chi connectivity index (χ1n) is 4.60. The summed E-state index contributed by atoms with van der Waals surface area (Å²) in [6, 6.07) is 1.23. The molecule has 1 aromatic rings. The van der Waals surface area contributed by atoms with Gasteiger partial charge < -0.3 is 4.74 Å². The van der Waals surface area contributed by atoms with Crippen molar-refractivity contribution in [1.82, 2.24) is 4.98 Å². The first-order valence-corrected chi connectivity index (χ1v) is 4.60. The number of methoxy groups -OCH3 is 1. The third kappa shape index (κ3) is 2.78. The molecule has 0 aromatic carbocycles. The lowest BCUT2D eigenvalue weighted by molar-refractivity contribution is -0.140. The van der Waals surface area contributed by atoms with E-state index in [1.807, 2.05) is 0 Å². The second-order valence-electron chi connectivity index (χ2n) is 3.21. The molecule has 0 amide bonds. The molecule has 1 aromatic heterocycles. The highest BCUT2D eigenvalue weighted by molar-refractivity contribution is 5.93. The highest BCUT2D eigenvalue weighted by Crippen LogP contribution is 2.39. The molecule has 19 heavy (non-hydrogen) atoms. The smallest absolute Gasteiger partial charge is 0.417 e. The lowest BCUT2D eigenvalue weighted by Gasteiger charge is -2.16. The molecule has 0 bridgehead atoms. The molecule has 0 saturated carbocycles. The lowest BCUT2D eigenvalue weighted by atomic mass is 10.0. The Morgan fingerprint density at radius 3 is 2.42 bits per heavy atom. The van der Waals surface area contributed by atoms with Crippen LogP contribution in [0.25, 0.3) is 0 Å². The molecule has 4 nitrogen and oxygen atoms in total. The number of carbonyl (C=O) groups excluding carboxylic acids is 1. The second-order valence-corrected chi connectivity index (χ2v) is 3.21. The Kier molecular flexibility index (Phi) is 4.04. The van der Waals surface area contributed by atoms with Gasteiger partial charge in [0.05, 0.1) is 12.7 Å². The highest BCUT2D eigenvalue weighted by atomic mass is 19.4. The zero-order valence-corrected chi connectivity index (χ0v) is 9.26. The van der Waals surface area contributed by atoms with E-state index >= 15 is 0 Å². The number of aromatic nitrogens is 1. The Hall–Kier alpha value is -2.24. The maximum Gasteiger partial charge on any atom is 0.417 e. The first kappa shape index (κ1) is 14.8. The number of alkyl halides is 5. The normalized spacial score (nSPS) is 11.3. The highest BCUT2D eigenvalue weighted by Gasteiger charge is 2.42. The number of nitriles is 1. The summed E-state index contributed by atoms with van der Waals surface area (Å²) >= 11 is 0. The van der Waals surface area contributed by atoms with Crippen LogP contribution in [0.2, 0.25) is 0 Å². The van der Waals surface area contributed by atoms with Crippen molar-refractivity contribution in [3.8, 4) is 6.07 Å². The Morgan fingerprint density at radius 2 is 2.05 bits per heavy atom. The van der Waals surface area contributed by atoms with Crippen molar-refractivity contribution in [3.05, 3.63) is 28.6 Å². The van der Waals surface area contributed by atoms with Crippen LogP contribution in [0.15, 0.2) is 6.20 Å². The second kappa shape index (κ2) is 5.17. The Labute approximate surface area is 103 Å². The van der Waals surface area contributed by atoms with E-state index in [2.05, 4.69) is 9.72 Å². The Morgan fingerprint density at radius 1 is 1.47 bits per heavy atom. The molecule has 1 heterocycles. The van der Waals surface area contributed by atoms with Gasteiger partial charge in [-0.05, 0) is 0 Å². The van der Waals surface area contributed by atoms with Crippen LogP contribution in [0.5, 0.6) is 0 Å². The summed E-state index contributed by atoms with van der Waals surface area (Å²) in [6.07, 6.45) is -8.53. The van der Waals surface area contributed by atoms with E-state index in [0.29, 0.717) is 0 Å². The summed E-state index contributed by atoms with van der Waals surface area (Å²) in [5.41, 5.74) is -5.62. The van der Waals surface area contributed by atoms with Crippen molar-refractivity contribution in [3.63, 3.8) is 0 Å². The van der Waals surface area contributed by atoms with Crippen LogP contribution in [0.1, 0.15) is 33.6 Å². The van der Waals surface area contributed by atoms with E-state index in [1.54, 1.807) is 0 Å². The van der Waals surface area contributed by atoms with Gasteiger partial charge in [0.2, 0.25) is 0 Å². The Balaban J connectivity index is 3.78. The topological polar surface area (TPSA) is 63.0 Å². The van der Waals surface area contributed by atoms with E-state index in [1.165, 1.54) is 6.07 Å². The minimum atomic E-state index is -5.25. The SMILES string of the molecule is COC(=O)c1c(C#N)ncc(C(F)F)c1C(F)(F)F. The van der Waals surface area contributed by atoms with Crippen molar-refractivity contribution in [2.45, 2.75) is 12.6 Å². The van der Waals surface area contributed by atoms with E-state index < -0.39 is 41.0 Å².